The first-order valence-corrected chi connectivity index (χ1v) is 2.71. The summed E-state index contributed by atoms with van der Waals surface area (Å²) < 4.78 is 0. The van der Waals surface area contributed by atoms with E-state index in [-0.39, 0.29) is 35.6 Å². The molecule has 0 fully saturated rings. The third-order valence-corrected chi connectivity index (χ3v) is 0.854. The molecule has 0 aromatic carbocycles. The standard InChI is InChI=1S/C6H13.La/c1-3-5-6-4-2;/h1,3-6H2,2H3;. The van der Waals surface area contributed by atoms with Gasteiger partial charge in [0.1, 0.15) is 0 Å². The Morgan fingerprint density at radius 2 is 1.86 bits per heavy atom. The Morgan fingerprint density at radius 3 is 2.00 bits per heavy atom. The zero-order valence-corrected chi connectivity index (χ0v) is 8.74. The summed E-state index contributed by atoms with van der Waals surface area (Å²) in [5, 5.41) is 0. The van der Waals surface area contributed by atoms with Gasteiger partial charge in [0.05, 0.1) is 0 Å². The van der Waals surface area contributed by atoms with Gasteiger partial charge in [0.25, 0.3) is 0 Å². The maximum Gasteiger partial charge on any atom is 0 e. The van der Waals surface area contributed by atoms with Crippen molar-refractivity contribution in [1.82, 2.24) is 0 Å². The van der Waals surface area contributed by atoms with Gasteiger partial charge in [-0.15, -0.1) is 0 Å². The van der Waals surface area contributed by atoms with Gasteiger partial charge < -0.3 is 0 Å². The van der Waals surface area contributed by atoms with E-state index in [2.05, 4.69) is 13.8 Å². The maximum absolute atomic E-state index is 3.72. The SMILES string of the molecule is [CH2]CCCCC.[La]. The third kappa shape index (κ3) is 11.0. The van der Waals surface area contributed by atoms with Gasteiger partial charge in [-0.05, 0) is 0 Å². The van der Waals surface area contributed by atoms with Crippen molar-refractivity contribution in [2.45, 2.75) is 32.6 Å². The van der Waals surface area contributed by atoms with Gasteiger partial charge in [0.15, 0.2) is 0 Å². The molecule has 0 unspecified atom stereocenters. The van der Waals surface area contributed by atoms with Crippen LogP contribution in [0, 0.1) is 42.5 Å². The van der Waals surface area contributed by atoms with E-state index in [1.54, 1.807) is 0 Å². The second kappa shape index (κ2) is 10.2. The van der Waals surface area contributed by atoms with Crippen LogP contribution in [0.1, 0.15) is 32.6 Å². The topological polar surface area (TPSA) is 0 Å². The van der Waals surface area contributed by atoms with Crippen molar-refractivity contribution in [2.75, 3.05) is 0 Å². The molecule has 0 aromatic rings. The summed E-state index contributed by atoms with van der Waals surface area (Å²) in [6.45, 7) is 5.93. The molecule has 0 spiro atoms. The first kappa shape index (κ1) is 11.1. The quantitative estimate of drug-likeness (QED) is 0.645. The Morgan fingerprint density at radius 1 is 1.29 bits per heavy atom. The largest absolute Gasteiger partial charge is 0.0654 e. The van der Waals surface area contributed by atoms with Crippen LogP contribution in [0.5, 0.6) is 0 Å². The van der Waals surface area contributed by atoms with Gasteiger partial charge in [0.2, 0.25) is 0 Å². The van der Waals surface area contributed by atoms with Crippen LogP contribution in [0.25, 0.3) is 0 Å². The van der Waals surface area contributed by atoms with Crippen molar-refractivity contribution in [3.8, 4) is 0 Å². The van der Waals surface area contributed by atoms with Gasteiger partial charge >= 0.3 is 0 Å². The van der Waals surface area contributed by atoms with Crippen LogP contribution in [0.2, 0.25) is 0 Å². The van der Waals surface area contributed by atoms with E-state index < -0.39 is 0 Å². The van der Waals surface area contributed by atoms with Crippen LogP contribution in [-0.2, 0) is 0 Å². The van der Waals surface area contributed by atoms with Crippen LogP contribution < -0.4 is 0 Å². The second-order valence-corrected chi connectivity index (χ2v) is 1.56. The maximum atomic E-state index is 3.72. The van der Waals surface area contributed by atoms with Crippen molar-refractivity contribution in [2.24, 2.45) is 0 Å². The summed E-state index contributed by atoms with van der Waals surface area (Å²) in [6.07, 6.45) is 5.07. The summed E-state index contributed by atoms with van der Waals surface area (Å²) in [5.74, 6) is 0. The second-order valence-electron chi connectivity index (χ2n) is 1.56. The Bertz CT molecular complexity index is 16.1. The zero-order chi connectivity index (χ0) is 4.83. The van der Waals surface area contributed by atoms with Crippen LogP contribution in [0.4, 0.5) is 0 Å². The predicted octanol–water partition coefficient (Wildman–Crippen LogP) is 2.40. The molecule has 0 saturated heterocycles. The Labute approximate surface area is 74.7 Å². The zero-order valence-electron chi connectivity index (χ0n) is 5.11. The van der Waals surface area contributed by atoms with E-state index in [4.69, 9.17) is 0 Å². The number of unbranched alkanes of at least 4 members (excludes halogenated alkanes) is 3. The molecular weight excluding hydrogens is 211 g/mol. The molecule has 0 aliphatic carbocycles. The Hall–Kier alpha value is 1.19. The molecule has 1 heteroatoms. The van der Waals surface area contributed by atoms with E-state index in [1.165, 1.54) is 19.3 Å². The molecule has 7 heavy (non-hydrogen) atoms. The van der Waals surface area contributed by atoms with E-state index >= 15 is 0 Å². The number of hydrogen-bond donors (Lipinski definition) is 0. The molecule has 0 heterocycles. The molecule has 2 radical (unpaired) electrons. The Kier molecular flexibility index (Phi) is 16.2. The fourth-order valence-corrected chi connectivity index (χ4v) is 0.427. The van der Waals surface area contributed by atoms with Gasteiger partial charge in [-0.1, -0.05) is 39.5 Å². The number of hydrogen-bond acceptors (Lipinski definition) is 0. The summed E-state index contributed by atoms with van der Waals surface area (Å²) in [5.41, 5.74) is 0. The molecule has 0 aliphatic rings. The van der Waals surface area contributed by atoms with Crippen molar-refractivity contribution < 1.29 is 35.6 Å². The van der Waals surface area contributed by atoms with Crippen LogP contribution in [0.15, 0.2) is 0 Å². The first-order valence-electron chi connectivity index (χ1n) is 2.71. The van der Waals surface area contributed by atoms with Gasteiger partial charge in [0, 0.05) is 35.6 Å². The van der Waals surface area contributed by atoms with E-state index in [9.17, 15) is 0 Å². The van der Waals surface area contributed by atoms with Crippen molar-refractivity contribution in [3.05, 3.63) is 6.92 Å². The molecule has 0 amide bonds. The molecule has 0 bridgehead atoms. The normalized spacial score (nSPS) is 7.71. The van der Waals surface area contributed by atoms with E-state index in [1.807, 2.05) is 0 Å². The summed E-state index contributed by atoms with van der Waals surface area (Å²) in [7, 11) is 0. The average Bonchev–Trinajstić information content (AvgIpc) is 1.61. The number of rotatable bonds is 3. The molecule has 40 valence electrons. The molecule has 0 rings (SSSR count). The fraction of sp³-hybridized carbons (Fsp3) is 0.833. The molecule has 0 N–H and O–H groups in total. The minimum absolute atomic E-state index is 0. The summed E-state index contributed by atoms with van der Waals surface area (Å²) >= 11 is 0. The van der Waals surface area contributed by atoms with E-state index in [0.717, 1.165) is 6.42 Å². The molecule has 0 aliphatic heterocycles. The van der Waals surface area contributed by atoms with Crippen LogP contribution in [-0.4, -0.2) is 0 Å². The summed E-state index contributed by atoms with van der Waals surface area (Å²) in [4.78, 5) is 0. The van der Waals surface area contributed by atoms with Gasteiger partial charge in [-0.2, -0.15) is 0 Å². The minimum Gasteiger partial charge on any atom is -0.0654 e. The van der Waals surface area contributed by atoms with Crippen molar-refractivity contribution in [1.29, 1.82) is 0 Å². The van der Waals surface area contributed by atoms with Crippen molar-refractivity contribution >= 4 is 0 Å². The van der Waals surface area contributed by atoms with E-state index in [0.29, 0.717) is 0 Å². The third-order valence-electron chi connectivity index (χ3n) is 0.854. The van der Waals surface area contributed by atoms with Crippen LogP contribution in [0.3, 0.4) is 0 Å². The smallest absolute Gasteiger partial charge is 0 e. The molecule has 0 nitrogen and oxygen atoms in total. The van der Waals surface area contributed by atoms with Gasteiger partial charge in [-0.3, -0.25) is 0 Å². The molecule has 0 saturated carbocycles. The average molecular weight is 224 g/mol. The van der Waals surface area contributed by atoms with Gasteiger partial charge in [-0.25, -0.2) is 0 Å². The molecule has 0 aromatic heterocycles. The Balaban J connectivity index is 0. The molecular formula is C6H13La. The minimum atomic E-state index is 0. The first-order chi connectivity index (χ1) is 2.91. The van der Waals surface area contributed by atoms with Crippen molar-refractivity contribution in [3.63, 3.8) is 0 Å². The van der Waals surface area contributed by atoms with Crippen LogP contribution >= 0.6 is 0 Å². The fourth-order valence-electron chi connectivity index (χ4n) is 0.427. The summed E-state index contributed by atoms with van der Waals surface area (Å²) in [6, 6.07) is 0. The monoisotopic (exact) mass is 224 g/mol. The predicted molar refractivity (Wildman–Crippen MR) is 29.5 cm³/mol. The molecule has 0 atom stereocenters.